The van der Waals surface area contributed by atoms with Crippen molar-refractivity contribution in [3.05, 3.63) is 53.6 Å². The van der Waals surface area contributed by atoms with E-state index < -0.39 is 0 Å². The van der Waals surface area contributed by atoms with Crippen molar-refractivity contribution in [3.8, 4) is 11.5 Å². The lowest BCUT2D eigenvalue weighted by Crippen LogP contribution is -2.46. The summed E-state index contributed by atoms with van der Waals surface area (Å²) in [6, 6.07) is 13.4. The molecule has 0 atom stereocenters. The number of carbonyl (C=O) groups excluding carboxylic acids is 2. The number of amides is 2. The van der Waals surface area contributed by atoms with Crippen molar-refractivity contribution in [2.24, 2.45) is 0 Å². The number of benzene rings is 2. The molecule has 2 aromatic rings. The first-order chi connectivity index (χ1) is 15.4. The van der Waals surface area contributed by atoms with Crippen LogP contribution in [0.4, 0.5) is 5.69 Å². The molecule has 0 spiro atoms. The van der Waals surface area contributed by atoms with E-state index in [1.54, 1.807) is 14.2 Å². The number of carbonyl (C=O) groups is 2. The number of likely N-dealkylation sites (tertiary alicyclic amines) is 1. The van der Waals surface area contributed by atoms with Crippen LogP contribution in [-0.4, -0.2) is 64.2 Å². The van der Waals surface area contributed by atoms with Gasteiger partial charge in [0.25, 0.3) is 5.91 Å². The Morgan fingerprint density at radius 2 is 1.66 bits per heavy atom. The van der Waals surface area contributed by atoms with Crippen molar-refractivity contribution in [2.75, 3.05) is 46.3 Å². The second-order valence-corrected chi connectivity index (χ2v) is 8.26. The molecule has 172 valence electrons. The molecular formula is C25H33N3O4. The van der Waals surface area contributed by atoms with Crippen LogP contribution in [0.15, 0.2) is 42.5 Å². The minimum absolute atomic E-state index is 0.0615. The van der Waals surface area contributed by atoms with Gasteiger partial charge in [-0.1, -0.05) is 6.07 Å². The highest BCUT2D eigenvalue weighted by Gasteiger charge is 2.24. The van der Waals surface area contributed by atoms with Crippen LogP contribution >= 0.6 is 0 Å². The van der Waals surface area contributed by atoms with E-state index in [1.807, 2.05) is 66.4 Å². The van der Waals surface area contributed by atoms with Crippen molar-refractivity contribution in [2.45, 2.75) is 31.7 Å². The molecule has 1 N–H and O–H groups in total. The zero-order valence-electron chi connectivity index (χ0n) is 19.4. The number of hydrogen-bond donors (Lipinski definition) is 1. The van der Waals surface area contributed by atoms with E-state index in [4.69, 9.17) is 9.47 Å². The molecular weight excluding hydrogens is 406 g/mol. The second kappa shape index (κ2) is 10.9. The normalized spacial score (nSPS) is 14.1. The maximum atomic E-state index is 12.7. The molecule has 1 aliphatic rings. The van der Waals surface area contributed by atoms with Crippen LogP contribution < -0.4 is 19.7 Å². The Kier molecular flexibility index (Phi) is 7.98. The summed E-state index contributed by atoms with van der Waals surface area (Å²) < 4.78 is 10.6. The predicted molar refractivity (Wildman–Crippen MR) is 126 cm³/mol. The Morgan fingerprint density at radius 1 is 1.00 bits per heavy atom. The molecule has 3 rings (SSSR count). The molecule has 1 saturated heterocycles. The zero-order valence-corrected chi connectivity index (χ0v) is 19.4. The molecule has 1 aliphatic heterocycles. The Hall–Kier alpha value is -3.22. The third-order valence-corrected chi connectivity index (χ3v) is 5.90. The number of aryl methyl sites for hydroxylation is 1. The highest BCUT2D eigenvalue weighted by atomic mass is 16.5. The van der Waals surface area contributed by atoms with E-state index >= 15 is 0 Å². The number of methoxy groups -OCH3 is 2. The molecule has 1 heterocycles. The van der Waals surface area contributed by atoms with E-state index in [-0.39, 0.29) is 17.9 Å². The van der Waals surface area contributed by atoms with Crippen molar-refractivity contribution >= 4 is 17.5 Å². The molecule has 0 saturated carbocycles. The highest BCUT2D eigenvalue weighted by molar-refractivity contribution is 5.94. The lowest BCUT2D eigenvalue weighted by Gasteiger charge is -2.32. The molecule has 2 amide bonds. The van der Waals surface area contributed by atoms with Gasteiger partial charge in [-0.2, -0.15) is 0 Å². The standard InChI is InChI=1S/C25H33N3O4/c1-27(2)21-9-7-19(8-10-21)25(30)26-20-13-15-28(16-14-20)24(29)12-6-18-5-11-22(31-3)23(17-18)32-4/h5,7-11,17,20H,6,12-16H2,1-4H3,(H,26,30). The molecule has 2 aromatic carbocycles. The van der Waals surface area contributed by atoms with Gasteiger partial charge in [0, 0.05) is 50.9 Å². The lowest BCUT2D eigenvalue weighted by molar-refractivity contribution is -0.132. The molecule has 0 bridgehead atoms. The SMILES string of the molecule is COc1ccc(CCC(=O)N2CCC(NC(=O)c3ccc(N(C)C)cc3)CC2)cc1OC. The summed E-state index contributed by atoms with van der Waals surface area (Å²) >= 11 is 0. The van der Waals surface area contributed by atoms with Gasteiger partial charge in [0.1, 0.15) is 0 Å². The number of nitrogens with zero attached hydrogens (tertiary/aromatic N) is 2. The summed E-state index contributed by atoms with van der Waals surface area (Å²) in [5.74, 6) is 1.43. The molecule has 32 heavy (non-hydrogen) atoms. The van der Waals surface area contributed by atoms with Gasteiger partial charge in [0.05, 0.1) is 14.2 Å². The van der Waals surface area contributed by atoms with Gasteiger partial charge >= 0.3 is 0 Å². The maximum Gasteiger partial charge on any atom is 0.251 e. The van der Waals surface area contributed by atoms with Crippen LogP contribution in [0.3, 0.4) is 0 Å². The van der Waals surface area contributed by atoms with E-state index in [0.717, 1.165) is 24.1 Å². The van der Waals surface area contributed by atoms with Crippen LogP contribution in [0, 0.1) is 0 Å². The fraction of sp³-hybridized carbons (Fsp3) is 0.440. The number of piperidine rings is 1. The van der Waals surface area contributed by atoms with Gasteiger partial charge in [-0.25, -0.2) is 0 Å². The van der Waals surface area contributed by atoms with Crippen molar-refractivity contribution in [1.29, 1.82) is 0 Å². The Bertz CT molecular complexity index is 919. The number of rotatable bonds is 8. The summed E-state index contributed by atoms with van der Waals surface area (Å²) in [4.78, 5) is 29.1. The van der Waals surface area contributed by atoms with Gasteiger partial charge in [-0.05, 0) is 61.2 Å². The van der Waals surface area contributed by atoms with E-state index in [9.17, 15) is 9.59 Å². The Morgan fingerprint density at radius 3 is 2.25 bits per heavy atom. The zero-order chi connectivity index (χ0) is 23.1. The molecule has 7 nitrogen and oxygen atoms in total. The Balaban J connectivity index is 1.44. The maximum absolute atomic E-state index is 12.7. The van der Waals surface area contributed by atoms with Crippen molar-refractivity contribution < 1.29 is 19.1 Å². The van der Waals surface area contributed by atoms with Crippen LogP contribution in [0.1, 0.15) is 35.2 Å². The van der Waals surface area contributed by atoms with Gasteiger partial charge in [-0.3, -0.25) is 9.59 Å². The quantitative estimate of drug-likeness (QED) is 0.684. The molecule has 7 heteroatoms. The monoisotopic (exact) mass is 439 g/mol. The summed E-state index contributed by atoms with van der Waals surface area (Å²) in [6.45, 7) is 1.32. The minimum atomic E-state index is -0.0615. The number of ether oxygens (including phenoxy) is 2. The number of hydrogen-bond acceptors (Lipinski definition) is 5. The van der Waals surface area contributed by atoms with Gasteiger partial charge in [0.2, 0.25) is 5.91 Å². The van der Waals surface area contributed by atoms with Crippen LogP contribution in [-0.2, 0) is 11.2 Å². The topological polar surface area (TPSA) is 71.1 Å². The van der Waals surface area contributed by atoms with Gasteiger partial charge in [-0.15, -0.1) is 0 Å². The summed E-state index contributed by atoms with van der Waals surface area (Å²) in [7, 11) is 7.15. The van der Waals surface area contributed by atoms with Gasteiger partial charge < -0.3 is 24.6 Å². The summed E-state index contributed by atoms with van der Waals surface area (Å²) in [5, 5.41) is 3.11. The van der Waals surface area contributed by atoms with E-state index in [1.165, 1.54) is 0 Å². The summed E-state index contributed by atoms with van der Waals surface area (Å²) in [6.07, 6.45) is 2.64. The van der Waals surface area contributed by atoms with Crippen LogP contribution in [0.2, 0.25) is 0 Å². The Labute approximate surface area is 190 Å². The molecule has 1 fully saturated rings. The summed E-state index contributed by atoms with van der Waals surface area (Å²) in [5.41, 5.74) is 2.75. The smallest absolute Gasteiger partial charge is 0.251 e. The number of anilines is 1. The fourth-order valence-corrected chi connectivity index (χ4v) is 3.90. The van der Waals surface area contributed by atoms with Crippen molar-refractivity contribution in [3.63, 3.8) is 0 Å². The third kappa shape index (κ3) is 5.93. The first kappa shape index (κ1) is 23.4. The molecule has 0 aromatic heterocycles. The van der Waals surface area contributed by atoms with E-state index in [0.29, 0.717) is 43.0 Å². The fourth-order valence-electron chi connectivity index (χ4n) is 3.90. The molecule has 0 unspecified atom stereocenters. The second-order valence-electron chi connectivity index (χ2n) is 8.26. The average molecular weight is 440 g/mol. The van der Waals surface area contributed by atoms with Crippen molar-refractivity contribution in [1.82, 2.24) is 10.2 Å². The minimum Gasteiger partial charge on any atom is -0.493 e. The van der Waals surface area contributed by atoms with Crippen LogP contribution in [0.5, 0.6) is 11.5 Å². The molecule has 0 radical (unpaired) electrons. The highest BCUT2D eigenvalue weighted by Crippen LogP contribution is 2.28. The average Bonchev–Trinajstić information content (AvgIpc) is 2.82. The predicted octanol–water partition coefficient (Wildman–Crippen LogP) is 3.12. The first-order valence-corrected chi connectivity index (χ1v) is 11.0. The number of nitrogens with one attached hydrogen (secondary N) is 1. The first-order valence-electron chi connectivity index (χ1n) is 11.0. The van der Waals surface area contributed by atoms with E-state index in [2.05, 4.69) is 5.32 Å². The van der Waals surface area contributed by atoms with Gasteiger partial charge in [0.15, 0.2) is 11.5 Å². The molecule has 0 aliphatic carbocycles. The lowest BCUT2D eigenvalue weighted by atomic mass is 10.0. The third-order valence-electron chi connectivity index (χ3n) is 5.90. The van der Waals surface area contributed by atoms with Crippen LogP contribution in [0.25, 0.3) is 0 Å². The largest absolute Gasteiger partial charge is 0.493 e.